The fourth-order valence-corrected chi connectivity index (χ4v) is 3.83. The maximum Gasteiger partial charge on any atom is 0.303 e. The van der Waals surface area contributed by atoms with Crippen LogP contribution in [-0.2, 0) is 16.0 Å². The average molecular weight is 365 g/mol. The van der Waals surface area contributed by atoms with Crippen LogP contribution in [0.3, 0.4) is 0 Å². The van der Waals surface area contributed by atoms with Gasteiger partial charge in [-0.3, -0.25) is 9.59 Å². The molecule has 2 aromatic carbocycles. The summed E-state index contributed by atoms with van der Waals surface area (Å²) in [5.41, 5.74) is 2.98. The normalized spacial score (nSPS) is 10.6. The SMILES string of the molecule is O=C(O)CCCC(=O)Cc1nc(-c2ccccc2)c(-c2ccccc2)s1. The van der Waals surface area contributed by atoms with Gasteiger partial charge in [-0.15, -0.1) is 11.3 Å². The minimum atomic E-state index is -0.871. The average Bonchev–Trinajstić information content (AvgIpc) is 3.06. The molecule has 0 spiro atoms. The fraction of sp³-hybridized carbons (Fsp3) is 0.190. The molecule has 3 rings (SSSR count). The molecule has 26 heavy (non-hydrogen) atoms. The van der Waals surface area contributed by atoms with Gasteiger partial charge >= 0.3 is 5.97 Å². The van der Waals surface area contributed by atoms with Crippen molar-refractivity contribution in [2.24, 2.45) is 0 Å². The predicted octanol–water partition coefficient (Wildman–Crippen LogP) is 4.84. The minimum Gasteiger partial charge on any atom is -0.481 e. The van der Waals surface area contributed by atoms with Gasteiger partial charge in [-0.2, -0.15) is 0 Å². The summed E-state index contributed by atoms with van der Waals surface area (Å²) in [5.74, 6) is -0.844. The highest BCUT2D eigenvalue weighted by Gasteiger charge is 2.16. The van der Waals surface area contributed by atoms with Crippen LogP contribution in [0.25, 0.3) is 21.7 Å². The molecule has 4 nitrogen and oxygen atoms in total. The monoisotopic (exact) mass is 365 g/mol. The molecule has 0 amide bonds. The van der Waals surface area contributed by atoms with Crippen LogP contribution in [0.1, 0.15) is 24.3 Å². The Morgan fingerprint density at radius 1 is 0.885 bits per heavy atom. The molecule has 0 unspecified atom stereocenters. The van der Waals surface area contributed by atoms with Crippen molar-refractivity contribution >= 4 is 23.1 Å². The van der Waals surface area contributed by atoms with E-state index in [1.54, 1.807) is 0 Å². The van der Waals surface area contributed by atoms with Crippen molar-refractivity contribution in [2.75, 3.05) is 0 Å². The molecule has 1 N–H and O–H groups in total. The van der Waals surface area contributed by atoms with E-state index in [0.717, 1.165) is 26.7 Å². The number of carboxylic acid groups (broad SMARTS) is 1. The summed E-state index contributed by atoms with van der Waals surface area (Å²) in [7, 11) is 0. The Morgan fingerprint density at radius 3 is 2.12 bits per heavy atom. The molecule has 0 aliphatic rings. The van der Waals surface area contributed by atoms with Crippen molar-refractivity contribution in [3.63, 3.8) is 0 Å². The number of carbonyl (C=O) groups is 2. The number of benzene rings is 2. The van der Waals surface area contributed by atoms with Crippen LogP contribution in [0, 0.1) is 0 Å². The number of carbonyl (C=O) groups excluding carboxylic acids is 1. The van der Waals surface area contributed by atoms with E-state index in [1.807, 2.05) is 60.7 Å². The van der Waals surface area contributed by atoms with E-state index in [4.69, 9.17) is 10.1 Å². The standard InChI is InChI=1S/C21H19NO3S/c23-17(12-7-13-19(24)25)14-18-22-20(15-8-3-1-4-9-15)21(26-18)16-10-5-2-6-11-16/h1-6,8-11H,7,12-14H2,(H,24,25). The van der Waals surface area contributed by atoms with E-state index in [2.05, 4.69) is 0 Å². The lowest BCUT2D eigenvalue weighted by Gasteiger charge is -2.02. The first kappa shape index (κ1) is 18.0. The summed E-state index contributed by atoms with van der Waals surface area (Å²) in [6.07, 6.45) is 0.912. The van der Waals surface area contributed by atoms with Gasteiger partial charge in [0.15, 0.2) is 0 Å². The molecule has 0 fully saturated rings. The van der Waals surface area contributed by atoms with Crippen molar-refractivity contribution in [2.45, 2.75) is 25.7 Å². The molecule has 1 aromatic heterocycles. The lowest BCUT2D eigenvalue weighted by molar-refractivity contribution is -0.137. The first-order valence-corrected chi connectivity index (χ1v) is 9.29. The molecule has 3 aromatic rings. The van der Waals surface area contributed by atoms with E-state index >= 15 is 0 Å². The van der Waals surface area contributed by atoms with Gasteiger partial charge in [0.2, 0.25) is 0 Å². The van der Waals surface area contributed by atoms with E-state index < -0.39 is 5.97 Å². The highest BCUT2D eigenvalue weighted by atomic mass is 32.1. The molecule has 1 heterocycles. The van der Waals surface area contributed by atoms with Crippen molar-refractivity contribution in [3.8, 4) is 21.7 Å². The van der Waals surface area contributed by atoms with Crippen molar-refractivity contribution < 1.29 is 14.7 Å². The second kappa shape index (κ2) is 8.54. The molecule has 0 saturated carbocycles. The largest absolute Gasteiger partial charge is 0.481 e. The Hall–Kier alpha value is -2.79. The van der Waals surface area contributed by atoms with Crippen LogP contribution in [0.5, 0.6) is 0 Å². The minimum absolute atomic E-state index is 0.0220. The zero-order valence-electron chi connectivity index (χ0n) is 14.2. The van der Waals surface area contributed by atoms with Crippen molar-refractivity contribution in [1.29, 1.82) is 0 Å². The third kappa shape index (κ3) is 4.64. The summed E-state index contributed by atoms with van der Waals surface area (Å²) in [6, 6.07) is 20.0. The molecule has 0 saturated heterocycles. The summed E-state index contributed by atoms with van der Waals surface area (Å²) in [4.78, 5) is 28.5. The van der Waals surface area contributed by atoms with Gasteiger partial charge in [-0.05, 0) is 12.0 Å². The summed E-state index contributed by atoms with van der Waals surface area (Å²) in [6.45, 7) is 0. The van der Waals surface area contributed by atoms with Gasteiger partial charge < -0.3 is 5.11 Å². The number of hydrogen-bond donors (Lipinski definition) is 1. The molecule has 0 atom stereocenters. The fourth-order valence-electron chi connectivity index (χ4n) is 2.71. The number of aliphatic carboxylic acids is 1. The van der Waals surface area contributed by atoms with E-state index in [-0.39, 0.29) is 25.0 Å². The first-order valence-electron chi connectivity index (χ1n) is 8.47. The van der Waals surface area contributed by atoms with Gasteiger partial charge in [0.05, 0.1) is 17.0 Å². The smallest absolute Gasteiger partial charge is 0.303 e. The quantitative estimate of drug-likeness (QED) is 0.620. The van der Waals surface area contributed by atoms with Crippen LogP contribution in [-0.4, -0.2) is 21.8 Å². The molecule has 0 aliphatic heterocycles. The second-order valence-corrected chi connectivity index (χ2v) is 7.06. The van der Waals surface area contributed by atoms with E-state index in [1.165, 1.54) is 11.3 Å². The Balaban J connectivity index is 1.85. The third-order valence-electron chi connectivity index (χ3n) is 3.95. The molecule has 0 bridgehead atoms. The number of ketones is 1. The Bertz CT molecular complexity index is 831. The van der Waals surface area contributed by atoms with Gasteiger partial charge in [0.25, 0.3) is 0 Å². The molecule has 5 heteroatoms. The van der Waals surface area contributed by atoms with Gasteiger partial charge in [0, 0.05) is 18.4 Å². The van der Waals surface area contributed by atoms with Crippen molar-refractivity contribution in [1.82, 2.24) is 4.98 Å². The van der Waals surface area contributed by atoms with Gasteiger partial charge in [-0.1, -0.05) is 60.7 Å². The zero-order chi connectivity index (χ0) is 18.4. The molecular weight excluding hydrogens is 346 g/mol. The summed E-state index contributed by atoms with van der Waals surface area (Å²) in [5, 5.41) is 9.45. The van der Waals surface area contributed by atoms with Crippen molar-refractivity contribution in [3.05, 3.63) is 65.7 Å². The number of Topliss-reactive ketones (excluding diaryl/α,β-unsaturated/α-hetero) is 1. The Kier molecular flexibility index (Phi) is 5.92. The maximum atomic E-state index is 12.2. The lowest BCUT2D eigenvalue weighted by atomic mass is 10.1. The first-order chi connectivity index (χ1) is 12.6. The summed E-state index contributed by atoms with van der Waals surface area (Å²) >= 11 is 1.53. The number of rotatable bonds is 8. The van der Waals surface area contributed by atoms with Crippen LogP contribution < -0.4 is 0 Å². The number of thiazole rings is 1. The number of nitrogens with zero attached hydrogens (tertiary/aromatic N) is 1. The Morgan fingerprint density at radius 2 is 1.50 bits per heavy atom. The maximum absolute atomic E-state index is 12.2. The van der Waals surface area contributed by atoms with Crippen LogP contribution in [0.4, 0.5) is 0 Å². The molecular formula is C21H19NO3S. The molecule has 0 radical (unpaired) electrons. The molecule has 0 aliphatic carbocycles. The number of carboxylic acids is 1. The zero-order valence-corrected chi connectivity index (χ0v) is 15.0. The number of aromatic nitrogens is 1. The second-order valence-electron chi connectivity index (χ2n) is 5.98. The summed E-state index contributed by atoms with van der Waals surface area (Å²) < 4.78 is 0. The lowest BCUT2D eigenvalue weighted by Crippen LogP contribution is -2.04. The van der Waals surface area contributed by atoms with E-state index in [9.17, 15) is 9.59 Å². The highest BCUT2D eigenvalue weighted by molar-refractivity contribution is 7.15. The predicted molar refractivity (Wildman–Crippen MR) is 103 cm³/mol. The highest BCUT2D eigenvalue weighted by Crippen LogP contribution is 2.37. The van der Waals surface area contributed by atoms with Gasteiger partial charge in [-0.25, -0.2) is 4.98 Å². The van der Waals surface area contributed by atoms with Crippen LogP contribution in [0.15, 0.2) is 60.7 Å². The third-order valence-corrected chi connectivity index (χ3v) is 5.05. The van der Waals surface area contributed by atoms with Crippen LogP contribution >= 0.6 is 11.3 Å². The van der Waals surface area contributed by atoms with E-state index in [0.29, 0.717) is 6.42 Å². The van der Waals surface area contributed by atoms with Crippen LogP contribution in [0.2, 0.25) is 0 Å². The Labute approximate surface area is 156 Å². The molecule has 132 valence electrons. The van der Waals surface area contributed by atoms with Gasteiger partial charge in [0.1, 0.15) is 10.8 Å². The topological polar surface area (TPSA) is 67.3 Å². The number of hydrogen-bond acceptors (Lipinski definition) is 4.